The molecule has 1 aliphatic carbocycles. The third-order valence-corrected chi connectivity index (χ3v) is 4.85. The number of halogens is 1. The summed E-state index contributed by atoms with van der Waals surface area (Å²) in [5, 5.41) is 13.4. The van der Waals surface area contributed by atoms with Crippen molar-refractivity contribution >= 4 is 17.5 Å². The van der Waals surface area contributed by atoms with Gasteiger partial charge in [-0.25, -0.2) is 9.97 Å². The van der Waals surface area contributed by atoms with Gasteiger partial charge in [0.05, 0.1) is 25.5 Å². The van der Waals surface area contributed by atoms with Crippen LogP contribution in [0.25, 0.3) is 0 Å². The van der Waals surface area contributed by atoms with Gasteiger partial charge in [0.1, 0.15) is 16.6 Å². The van der Waals surface area contributed by atoms with Crippen LogP contribution in [0.1, 0.15) is 47.3 Å². The number of ether oxygens (including phenoxy) is 1. The molecule has 0 bridgehead atoms. The molecule has 1 fully saturated rings. The van der Waals surface area contributed by atoms with E-state index in [4.69, 9.17) is 16.3 Å². The van der Waals surface area contributed by atoms with E-state index in [0.29, 0.717) is 23.0 Å². The molecule has 2 atom stereocenters. The highest BCUT2D eigenvalue weighted by atomic mass is 35.5. The summed E-state index contributed by atoms with van der Waals surface area (Å²) < 4.78 is 5.36. The molecule has 138 valence electrons. The van der Waals surface area contributed by atoms with E-state index < -0.39 is 6.10 Å². The monoisotopic (exact) mass is 375 g/mol. The summed E-state index contributed by atoms with van der Waals surface area (Å²) in [7, 11) is 1.57. The second-order valence-electron chi connectivity index (χ2n) is 6.48. The molecule has 0 unspecified atom stereocenters. The molecule has 0 aliphatic heterocycles. The molecule has 0 saturated heterocycles. The molecule has 3 rings (SSSR count). The van der Waals surface area contributed by atoms with E-state index in [2.05, 4.69) is 15.3 Å². The molecule has 7 heteroatoms. The molecular formula is C19H22ClN3O3. The number of carbonyl (C=O) groups is 1. The second kappa shape index (κ2) is 8.47. The zero-order chi connectivity index (χ0) is 18.5. The Morgan fingerprint density at radius 1 is 1.31 bits per heavy atom. The number of aliphatic hydroxyl groups excluding tert-OH is 1. The van der Waals surface area contributed by atoms with Gasteiger partial charge in [-0.15, -0.1) is 0 Å². The average molecular weight is 376 g/mol. The van der Waals surface area contributed by atoms with Crippen molar-refractivity contribution in [1.29, 1.82) is 0 Å². The van der Waals surface area contributed by atoms with Crippen LogP contribution in [-0.2, 0) is 6.42 Å². The van der Waals surface area contributed by atoms with Crippen molar-refractivity contribution < 1.29 is 14.6 Å². The smallest absolute Gasteiger partial charge is 0.270 e. The molecule has 1 amide bonds. The van der Waals surface area contributed by atoms with Gasteiger partial charge < -0.3 is 15.2 Å². The predicted octanol–water partition coefficient (Wildman–Crippen LogP) is 2.76. The van der Waals surface area contributed by atoms with E-state index in [0.717, 1.165) is 36.8 Å². The normalized spacial score (nSPS) is 19.8. The summed E-state index contributed by atoms with van der Waals surface area (Å²) in [4.78, 5) is 20.8. The number of carbonyl (C=O) groups excluding carboxylic acids is 1. The van der Waals surface area contributed by atoms with Crippen molar-refractivity contribution in [2.45, 2.75) is 44.2 Å². The van der Waals surface area contributed by atoms with Crippen LogP contribution in [0.5, 0.6) is 5.75 Å². The van der Waals surface area contributed by atoms with Crippen molar-refractivity contribution in [3.8, 4) is 5.75 Å². The lowest BCUT2D eigenvalue weighted by Crippen LogP contribution is -2.45. The Kier molecular flexibility index (Phi) is 6.06. The minimum Gasteiger partial charge on any atom is -0.495 e. The summed E-state index contributed by atoms with van der Waals surface area (Å²) in [6.07, 6.45) is 6.79. The zero-order valence-corrected chi connectivity index (χ0v) is 15.4. The largest absolute Gasteiger partial charge is 0.495 e. The molecule has 26 heavy (non-hydrogen) atoms. The lowest BCUT2D eigenvalue weighted by Gasteiger charge is -2.28. The maximum absolute atomic E-state index is 12.6. The van der Waals surface area contributed by atoms with Crippen LogP contribution in [0.3, 0.4) is 0 Å². The van der Waals surface area contributed by atoms with Gasteiger partial charge >= 0.3 is 0 Å². The fourth-order valence-electron chi connectivity index (χ4n) is 3.18. The van der Waals surface area contributed by atoms with E-state index in [1.165, 1.54) is 0 Å². The molecule has 1 aliphatic rings. The third-order valence-electron chi connectivity index (χ3n) is 4.63. The van der Waals surface area contributed by atoms with E-state index >= 15 is 0 Å². The fraction of sp³-hybridized carbons (Fsp3) is 0.421. The summed E-state index contributed by atoms with van der Waals surface area (Å²) in [5.74, 6) is 0.322. The number of hydrogen-bond donors (Lipinski definition) is 2. The van der Waals surface area contributed by atoms with Crippen LogP contribution in [0.4, 0.5) is 0 Å². The van der Waals surface area contributed by atoms with Crippen LogP contribution in [0.2, 0.25) is 5.15 Å². The molecule has 2 aromatic heterocycles. The highest BCUT2D eigenvalue weighted by molar-refractivity contribution is 6.29. The SMILES string of the molecule is COc1cnc(C(=O)N[C@H]2CCCC[C@@H]2O)cc1Cc1ccc(Cl)nc1. The summed E-state index contributed by atoms with van der Waals surface area (Å²) in [5.41, 5.74) is 2.09. The van der Waals surface area contributed by atoms with Crippen LogP contribution < -0.4 is 10.1 Å². The van der Waals surface area contributed by atoms with Crippen molar-refractivity contribution in [3.63, 3.8) is 0 Å². The van der Waals surface area contributed by atoms with E-state index in [-0.39, 0.29) is 11.9 Å². The molecule has 0 radical (unpaired) electrons. The van der Waals surface area contributed by atoms with Gasteiger partial charge in [0, 0.05) is 18.2 Å². The standard InChI is InChI=1S/C19H22ClN3O3/c1-26-17-11-21-15(19(25)23-14-4-2-3-5-16(14)24)9-13(17)8-12-6-7-18(20)22-10-12/h6-7,9-11,14,16,24H,2-5,8H2,1H3,(H,23,25)/t14-,16-/m0/s1. The Labute approximate surface area is 157 Å². The van der Waals surface area contributed by atoms with E-state index in [1.54, 1.807) is 31.6 Å². The highest BCUT2D eigenvalue weighted by Gasteiger charge is 2.25. The first-order valence-electron chi connectivity index (χ1n) is 8.69. The summed E-state index contributed by atoms with van der Waals surface area (Å²) in [6.45, 7) is 0. The Morgan fingerprint density at radius 2 is 2.12 bits per heavy atom. The Bertz CT molecular complexity index is 767. The van der Waals surface area contributed by atoms with Crippen LogP contribution in [-0.4, -0.2) is 40.2 Å². The van der Waals surface area contributed by atoms with Crippen molar-refractivity contribution in [3.05, 3.63) is 52.6 Å². The number of rotatable bonds is 5. The quantitative estimate of drug-likeness (QED) is 0.785. The Hall–Kier alpha value is -2.18. The number of amides is 1. The van der Waals surface area contributed by atoms with Crippen LogP contribution in [0.15, 0.2) is 30.6 Å². The molecule has 2 heterocycles. The lowest BCUT2D eigenvalue weighted by atomic mass is 9.92. The maximum atomic E-state index is 12.6. The molecule has 1 saturated carbocycles. The van der Waals surface area contributed by atoms with Crippen molar-refractivity contribution in [1.82, 2.24) is 15.3 Å². The number of methoxy groups -OCH3 is 1. The maximum Gasteiger partial charge on any atom is 0.270 e. The topological polar surface area (TPSA) is 84.3 Å². The molecular weight excluding hydrogens is 354 g/mol. The van der Waals surface area contributed by atoms with Gasteiger partial charge in [0.2, 0.25) is 0 Å². The molecule has 0 spiro atoms. The zero-order valence-electron chi connectivity index (χ0n) is 14.6. The van der Waals surface area contributed by atoms with E-state index in [9.17, 15) is 9.90 Å². The van der Waals surface area contributed by atoms with Crippen LogP contribution >= 0.6 is 11.6 Å². The Morgan fingerprint density at radius 3 is 2.81 bits per heavy atom. The minimum atomic E-state index is -0.495. The van der Waals surface area contributed by atoms with Crippen LogP contribution in [0, 0.1) is 0 Å². The van der Waals surface area contributed by atoms with Gasteiger partial charge in [-0.3, -0.25) is 4.79 Å². The number of aliphatic hydroxyl groups is 1. The average Bonchev–Trinajstić information content (AvgIpc) is 2.65. The fourth-order valence-corrected chi connectivity index (χ4v) is 3.30. The van der Waals surface area contributed by atoms with Gasteiger partial charge in [0.25, 0.3) is 5.91 Å². The molecule has 0 aromatic carbocycles. The number of nitrogens with one attached hydrogen (secondary N) is 1. The first-order chi connectivity index (χ1) is 12.6. The molecule has 2 N–H and O–H groups in total. The number of hydrogen-bond acceptors (Lipinski definition) is 5. The van der Waals surface area contributed by atoms with Gasteiger partial charge in [0.15, 0.2) is 0 Å². The third kappa shape index (κ3) is 4.51. The van der Waals surface area contributed by atoms with E-state index in [1.807, 2.05) is 6.07 Å². The van der Waals surface area contributed by atoms with Gasteiger partial charge in [-0.1, -0.05) is 30.5 Å². The molecule has 6 nitrogen and oxygen atoms in total. The second-order valence-corrected chi connectivity index (χ2v) is 6.87. The minimum absolute atomic E-state index is 0.218. The van der Waals surface area contributed by atoms with Crippen molar-refractivity contribution in [2.75, 3.05) is 7.11 Å². The number of pyridine rings is 2. The lowest BCUT2D eigenvalue weighted by molar-refractivity contribution is 0.0713. The predicted molar refractivity (Wildman–Crippen MR) is 98.6 cm³/mol. The first kappa shape index (κ1) is 18.6. The highest BCUT2D eigenvalue weighted by Crippen LogP contribution is 2.23. The number of nitrogens with zero attached hydrogens (tertiary/aromatic N) is 2. The molecule has 2 aromatic rings. The summed E-state index contributed by atoms with van der Waals surface area (Å²) in [6, 6.07) is 5.11. The number of aromatic nitrogens is 2. The van der Waals surface area contributed by atoms with Gasteiger partial charge in [-0.2, -0.15) is 0 Å². The van der Waals surface area contributed by atoms with Crippen molar-refractivity contribution in [2.24, 2.45) is 0 Å². The van der Waals surface area contributed by atoms with Gasteiger partial charge in [-0.05, 0) is 30.5 Å². The first-order valence-corrected chi connectivity index (χ1v) is 9.07. The Balaban J connectivity index is 1.77. The summed E-state index contributed by atoms with van der Waals surface area (Å²) >= 11 is 5.83.